The van der Waals surface area contributed by atoms with Crippen molar-refractivity contribution in [2.24, 2.45) is 0 Å². The van der Waals surface area contributed by atoms with Crippen LogP contribution in [0.3, 0.4) is 0 Å². The first-order chi connectivity index (χ1) is 7.06. The number of carbonyl (C=O) groups excluding carboxylic acids is 1. The summed E-state index contributed by atoms with van der Waals surface area (Å²) < 4.78 is 0. The number of hydrogen-bond acceptors (Lipinski definition) is 3. The van der Waals surface area contributed by atoms with E-state index in [0.29, 0.717) is 11.3 Å². The molecule has 0 saturated heterocycles. The van der Waals surface area contributed by atoms with Crippen molar-refractivity contribution in [3.63, 3.8) is 0 Å². The molecular formula is C10H9ClN2O2. The molecule has 0 fully saturated rings. The molecule has 2 N–H and O–H groups in total. The number of nitriles is 1. The average Bonchev–Trinajstić information content (AvgIpc) is 2.20. The molecule has 0 saturated carbocycles. The Kier molecular flexibility index (Phi) is 3.53. The second-order valence-electron chi connectivity index (χ2n) is 2.98. The minimum absolute atomic E-state index is 0.0635. The molecule has 0 aliphatic heterocycles. The molecule has 1 aromatic carbocycles. The highest BCUT2D eigenvalue weighted by Gasteiger charge is 2.10. The number of hydrogen-bond donors (Lipinski definition) is 2. The van der Waals surface area contributed by atoms with Gasteiger partial charge in [0, 0.05) is 0 Å². The van der Waals surface area contributed by atoms with Gasteiger partial charge in [0.2, 0.25) is 5.91 Å². The summed E-state index contributed by atoms with van der Waals surface area (Å²) in [5.74, 6) is -0.519. The summed E-state index contributed by atoms with van der Waals surface area (Å²) in [6.07, 6.45) is -0.245. The fraction of sp³-hybridized carbons (Fsp3) is 0.200. The topological polar surface area (TPSA) is 73.1 Å². The Morgan fingerprint density at radius 2 is 2.33 bits per heavy atom. The summed E-state index contributed by atoms with van der Waals surface area (Å²) in [4.78, 5) is 11.1. The number of anilines is 1. The summed E-state index contributed by atoms with van der Waals surface area (Å²) in [7, 11) is 0. The number of carbonyl (C=O) groups is 1. The Morgan fingerprint density at radius 1 is 1.67 bits per heavy atom. The highest BCUT2D eigenvalue weighted by Crippen LogP contribution is 2.33. The van der Waals surface area contributed by atoms with Crippen molar-refractivity contribution >= 4 is 23.2 Å². The van der Waals surface area contributed by atoms with Crippen LogP contribution in [0.15, 0.2) is 12.1 Å². The van der Waals surface area contributed by atoms with Gasteiger partial charge < -0.3 is 10.4 Å². The SMILES string of the molecule is Cc1ccc(NC(=O)CC#N)c(Cl)c1O. The van der Waals surface area contributed by atoms with Gasteiger partial charge in [-0.05, 0) is 18.6 Å². The van der Waals surface area contributed by atoms with Gasteiger partial charge >= 0.3 is 0 Å². The molecule has 78 valence electrons. The number of nitrogens with zero attached hydrogens (tertiary/aromatic N) is 1. The van der Waals surface area contributed by atoms with Gasteiger partial charge in [-0.25, -0.2) is 0 Å². The molecule has 15 heavy (non-hydrogen) atoms. The molecule has 0 spiro atoms. The van der Waals surface area contributed by atoms with E-state index in [-0.39, 0.29) is 17.2 Å². The molecule has 0 aromatic heterocycles. The van der Waals surface area contributed by atoms with Crippen molar-refractivity contribution in [1.29, 1.82) is 5.26 Å². The average molecular weight is 225 g/mol. The van der Waals surface area contributed by atoms with Crippen LogP contribution in [0.5, 0.6) is 5.75 Å². The smallest absolute Gasteiger partial charge is 0.238 e. The second-order valence-corrected chi connectivity index (χ2v) is 3.35. The molecule has 4 nitrogen and oxygen atoms in total. The lowest BCUT2D eigenvalue weighted by atomic mass is 10.2. The largest absolute Gasteiger partial charge is 0.506 e. The summed E-state index contributed by atoms with van der Waals surface area (Å²) >= 11 is 5.80. The molecule has 5 heteroatoms. The van der Waals surface area contributed by atoms with Crippen LogP contribution in [0, 0.1) is 18.3 Å². The maximum Gasteiger partial charge on any atom is 0.238 e. The van der Waals surface area contributed by atoms with E-state index in [2.05, 4.69) is 5.32 Å². The van der Waals surface area contributed by atoms with E-state index in [0.717, 1.165) is 0 Å². The third-order valence-corrected chi connectivity index (χ3v) is 2.21. The van der Waals surface area contributed by atoms with E-state index in [1.54, 1.807) is 25.1 Å². The Morgan fingerprint density at radius 3 is 2.93 bits per heavy atom. The van der Waals surface area contributed by atoms with Crippen molar-refractivity contribution in [3.05, 3.63) is 22.7 Å². The second kappa shape index (κ2) is 4.67. The van der Waals surface area contributed by atoms with Crippen LogP contribution in [0.2, 0.25) is 5.02 Å². The predicted octanol–water partition coefficient (Wildman–Crippen LogP) is 2.21. The van der Waals surface area contributed by atoms with Crippen molar-refractivity contribution in [3.8, 4) is 11.8 Å². The quantitative estimate of drug-likeness (QED) is 0.809. The minimum Gasteiger partial charge on any atom is -0.506 e. The van der Waals surface area contributed by atoms with Crippen molar-refractivity contribution < 1.29 is 9.90 Å². The third kappa shape index (κ3) is 2.61. The van der Waals surface area contributed by atoms with E-state index in [1.165, 1.54) is 0 Å². The van der Waals surface area contributed by atoms with E-state index in [1.807, 2.05) is 0 Å². The fourth-order valence-corrected chi connectivity index (χ4v) is 1.28. The molecule has 0 atom stereocenters. The molecule has 1 amide bonds. The van der Waals surface area contributed by atoms with Crippen LogP contribution >= 0.6 is 11.6 Å². The lowest BCUT2D eigenvalue weighted by Gasteiger charge is -2.08. The normalized spacial score (nSPS) is 9.40. The fourth-order valence-electron chi connectivity index (χ4n) is 1.02. The van der Waals surface area contributed by atoms with Crippen LogP contribution in [0.4, 0.5) is 5.69 Å². The zero-order chi connectivity index (χ0) is 11.4. The van der Waals surface area contributed by atoms with Crippen LogP contribution in [-0.2, 0) is 4.79 Å². The maximum atomic E-state index is 11.1. The van der Waals surface area contributed by atoms with Gasteiger partial charge in [-0.3, -0.25) is 4.79 Å². The van der Waals surface area contributed by atoms with Crippen molar-refractivity contribution in [2.75, 3.05) is 5.32 Å². The number of nitrogens with one attached hydrogen (secondary N) is 1. The molecule has 0 unspecified atom stereocenters. The van der Waals surface area contributed by atoms with E-state index < -0.39 is 5.91 Å². The van der Waals surface area contributed by atoms with Gasteiger partial charge in [0.25, 0.3) is 0 Å². The molecule has 1 aromatic rings. The zero-order valence-electron chi connectivity index (χ0n) is 8.04. The monoisotopic (exact) mass is 224 g/mol. The first-order valence-corrected chi connectivity index (χ1v) is 4.59. The molecule has 0 aliphatic rings. The number of rotatable bonds is 2. The third-order valence-electron chi connectivity index (χ3n) is 1.83. The lowest BCUT2D eigenvalue weighted by molar-refractivity contribution is -0.115. The summed E-state index contributed by atoms with van der Waals surface area (Å²) in [5, 5.41) is 20.3. The van der Waals surface area contributed by atoms with Gasteiger partial charge in [-0.1, -0.05) is 17.7 Å². The van der Waals surface area contributed by atoms with Crippen molar-refractivity contribution in [1.82, 2.24) is 0 Å². The maximum absolute atomic E-state index is 11.1. The number of phenols is 1. The molecule has 0 aliphatic carbocycles. The molecule has 0 radical (unpaired) electrons. The molecule has 0 heterocycles. The number of halogens is 1. The summed E-state index contributed by atoms with van der Waals surface area (Å²) in [5.41, 5.74) is 0.929. The predicted molar refractivity (Wildman–Crippen MR) is 56.7 cm³/mol. The highest BCUT2D eigenvalue weighted by atomic mass is 35.5. The first-order valence-electron chi connectivity index (χ1n) is 4.21. The molecule has 0 bridgehead atoms. The molecular weight excluding hydrogens is 216 g/mol. The van der Waals surface area contributed by atoms with E-state index >= 15 is 0 Å². The Labute approximate surface area is 92.1 Å². The summed E-state index contributed by atoms with van der Waals surface area (Å²) in [6, 6.07) is 4.92. The zero-order valence-corrected chi connectivity index (χ0v) is 8.80. The van der Waals surface area contributed by atoms with Crippen LogP contribution < -0.4 is 5.32 Å². The standard InChI is InChI=1S/C10H9ClN2O2/c1-6-2-3-7(9(11)10(6)15)13-8(14)4-5-12/h2-3,15H,4H2,1H3,(H,13,14). The number of phenolic OH excluding ortho intramolecular Hbond substituents is 1. The van der Waals surface area contributed by atoms with Crippen LogP contribution in [0.25, 0.3) is 0 Å². The van der Waals surface area contributed by atoms with Gasteiger partial charge in [-0.15, -0.1) is 0 Å². The Bertz CT molecular complexity index is 438. The number of amides is 1. The number of aryl methyl sites for hydroxylation is 1. The van der Waals surface area contributed by atoms with Gasteiger partial charge in [0.1, 0.15) is 17.2 Å². The van der Waals surface area contributed by atoms with Crippen molar-refractivity contribution in [2.45, 2.75) is 13.3 Å². The van der Waals surface area contributed by atoms with Crippen LogP contribution in [0.1, 0.15) is 12.0 Å². The van der Waals surface area contributed by atoms with Gasteiger partial charge in [-0.2, -0.15) is 5.26 Å². The Balaban J connectivity index is 2.93. The number of aromatic hydroxyl groups is 1. The lowest BCUT2D eigenvalue weighted by Crippen LogP contribution is -2.10. The Hall–Kier alpha value is -1.73. The summed E-state index contributed by atoms with van der Waals surface area (Å²) in [6.45, 7) is 1.70. The van der Waals surface area contributed by atoms with E-state index in [9.17, 15) is 9.90 Å². The van der Waals surface area contributed by atoms with Gasteiger partial charge in [0.15, 0.2) is 0 Å². The van der Waals surface area contributed by atoms with E-state index in [4.69, 9.17) is 16.9 Å². The van der Waals surface area contributed by atoms with Gasteiger partial charge in [0.05, 0.1) is 11.8 Å². The highest BCUT2D eigenvalue weighted by molar-refractivity contribution is 6.35. The minimum atomic E-state index is -0.456. The molecule has 1 rings (SSSR count). The van der Waals surface area contributed by atoms with Crippen LogP contribution in [-0.4, -0.2) is 11.0 Å². The number of benzene rings is 1. The first kappa shape index (κ1) is 11.3.